The van der Waals surface area contributed by atoms with Crippen LogP contribution in [0.1, 0.15) is 28.9 Å². The Labute approximate surface area is 168 Å². The van der Waals surface area contributed by atoms with Gasteiger partial charge in [0.15, 0.2) is 0 Å². The fourth-order valence-electron chi connectivity index (χ4n) is 2.65. The van der Waals surface area contributed by atoms with Gasteiger partial charge in [-0.1, -0.05) is 60.3 Å². The molecule has 2 N–H and O–H groups in total. The van der Waals surface area contributed by atoms with Crippen molar-refractivity contribution in [1.82, 2.24) is 10.3 Å². The number of nitrogens with zero attached hydrogens (tertiary/aromatic N) is 1. The Morgan fingerprint density at radius 3 is 2.43 bits per heavy atom. The molecule has 142 valence electrons. The molecule has 1 heterocycles. The van der Waals surface area contributed by atoms with E-state index in [0.29, 0.717) is 11.3 Å². The second-order valence-electron chi connectivity index (χ2n) is 6.16. The predicted octanol–water partition coefficient (Wildman–Crippen LogP) is 4.30. The van der Waals surface area contributed by atoms with Crippen molar-refractivity contribution >= 4 is 29.3 Å². The monoisotopic (exact) mass is 391 g/mol. The maximum Gasteiger partial charge on any atom is 0.253 e. The molecule has 0 aliphatic rings. The normalized spacial score (nSPS) is 11.5. The maximum absolute atomic E-state index is 12.7. The molecule has 0 bridgehead atoms. The lowest BCUT2D eigenvalue weighted by atomic mass is 10.1. The van der Waals surface area contributed by atoms with E-state index < -0.39 is 0 Å². The van der Waals surface area contributed by atoms with E-state index in [0.717, 1.165) is 10.6 Å². The number of hydrogen-bond donors (Lipinski definition) is 2. The molecule has 28 heavy (non-hydrogen) atoms. The van der Waals surface area contributed by atoms with Gasteiger partial charge in [0.2, 0.25) is 5.91 Å². The van der Waals surface area contributed by atoms with Gasteiger partial charge in [0.1, 0.15) is 0 Å². The Morgan fingerprint density at radius 1 is 0.964 bits per heavy atom. The van der Waals surface area contributed by atoms with Gasteiger partial charge in [0, 0.05) is 6.20 Å². The van der Waals surface area contributed by atoms with Gasteiger partial charge in [0.25, 0.3) is 5.91 Å². The van der Waals surface area contributed by atoms with E-state index in [1.54, 1.807) is 30.5 Å². The standard InChI is InChI=1S/C22H21N3O2S/c1-16(17-9-3-2-4-10-17)24-22(27)18-11-5-6-12-19(18)25-20(26)15-28-21-13-7-8-14-23-21/h2-14,16H,15H2,1H3,(H,24,27)(H,25,26). The lowest BCUT2D eigenvalue weighted by Crippen LogP contribution is -2.28. The number of rotatable bonds is 7. The quantitative estimate of drug-likeness (QED) is 0.589. The van der Waals surface area contributed by atoms with Crippen LogP contribution in [0, 0.1) is 0 Å². The van der Waals surface area contributed by atoms with Crippen LogP contribution >= 0.6 is 11.8 Å². The van der Waals surface area contributed by atoms with Gasteiger partial charge < -0.3 is 10.6 Å². The SMILES string of the molecule is CC(NC(=O)c1ccccc1NC(=O)CSc1ccccn1)c1ccccc1. The molecule has 1 atom stereocenters. The summed E-state index contributed by atoms with van der Waals surface area (Å²) in [6, 6.07) is 22.2. The van der Waals surface area contributed by atoms with E-state index >= 15 is 0 Å². The molecule has 5 nitrogen and oxygen atoms in total. The number of amides is 2. The minimum absolute atomic E-state index is 0.142. The van der Waals surface area contributed by atoms with Gasteiger partial charge in [-0.2, -0.15) is 0 Å². The summed E-state index contributed by atoms with van der Waals surface area (Å²) < 4.78 is 0. The summed E-state index contributed by atoms with van der Waals surface area (Å²) in [4.78, 5) is 29.2. The molecule has 1 unspecified atom stereocenters. The number of hydrogen-bond acceptors (Lipinski definition) is 4. The molecule has 0 radical (unpaired) electrons. The molecule has 0 aliphatic heterocycles. The first kappa shape index (κ1) is 19.6. The van der Waals surface area contributed by atoms with Gasteiger partial charge in [-0.05, 0) is 36.8 Å². The molecule has 3 rings (SSSR count). The molecule has 2 amide bonds. The van der Waals surface area contributed by atoms with Crippen LogP contribution in [-0.4, -0.2) is 22.6 Å². The van der Waals surface area contributed by atoms with Crippen LogP contribution in [0.25, 0.3) is 0 Å². The Kier molecular flexibility index (Phi) is 6.81. The molecular formula is C22H21N3O2S. The average Bonchev–Trinajstić information content (AvgIpc) is 2.74. The molecule has 0 saturated heterocycles. The highest BCUT2D eigenvalue weighted by Gasteiger charge is 2.16. The summed E-state index contributed by atoms with van der Waals surface area (Å²) in [5.41, 5.74) is 1.94. The van der Waals surface area contributed by atoms with Gasteiger partial charge in [-0.15, -0.1) is 0 Å². The molecule has 0 fully saturated rings. The molecule has 0 spiro atoms. The number of thioether (sulfide) groups is 1. The molecule has 3 aromatic rings. The zero-order chi connectivity index (χ0) is 19.8. The minimum Gasteiger partial charge on any atom is -0.345 e. The van der Waals surface area contributed by atoms with Crippen LogP contribution in [0.15, 0.2) is 84.0 Å². The number of benzene rings is 2. The Bertz CT molecular complexity index is 933. The Balaban J connectivity index is 1.63. The largest absolute Gasteiger partial charge is 0.345 e. The Hall–Kier alpha value is -3.12. The number of carbonyl (C=O) groups is 2. The van der Waals surface area contributed by atoms with E-state index in [-0.39, 0.29) is 23.6 Å². The van der Waals surface area contributed by atoms with E-state index in [2.05, 4.69) is 15.6 Å². The first-order valence-electron chi connectivity index (χ1n) is 8.92. The van der Waals surface area contributed by atoms with E-state index in [9.17, 15) is 9.59 Å². The van der Waals surface area contributed by atoms with Crippen LogP contribution in [0.2, 0.25) is 0 Å². The van der Waals surface area contributed by atoms with Gasteiger partial charge >= 0.3 is 0 Å². The summed E-state index contributed by atoms with van der Waals surface area (Å²) in [5.74, 6) is -0.204. The third-order valence-electron chi connectivity index (χ3n) is 4.08. The summed E-state index contributed by atoms with van der Waals surface area (Å²) in [7, 11) is 0. The summed E-state index contributed by atoms with van der Waals surface area (Å²) in [6.07, 6.45) is 1.69. The summed E-state index contributed by atoms with van der Waals surface area (Å²) in [5, 5.41) is 6.58. The first-order valence-corrected chi connectivity index (χ1v) is 9.90. The number of carbonyl (C=O) groups excluding carboxylic acids is 2. The lowest BCUT2D eigenvalue weighted by molar-refractivity contribution is -0.113. The number of aromatic nitrogens is 1. The topological polar surface area (TPSA) is 71.1 Å². The van der Waals surface area contributed by atoms with Gasteiger partial charge in [-0.25, -0.2) is 4.98 Å². The minimum atomic E-state index is -0.232. The summed E-state index contributed by atoms with van der Waals surface area (Å²) in [6.45, 7) is 1.93. The van der Waals surface area contributed by atoms with E-state index in [1.807, 2.05) is 55.5 Å². The molecule has 6 heteroatoms. The number of anilines is 1. The van der Waals surface area contributed by atoms with Crippen LogP contribution in [-0.2, 0) is 4.79 Å². The van der Waals surface area contributed by atoms with Crippen LogP contribution < -0.4 is 10.6 Å². The van der Waals surface area contributed by atoms with Crippen molar-refractivity contribution < 1.29 is 9.59 Å². The average molecular weight is 391 g/mol. The van der Waals surface area contributed by atoms with Crippen molar-refractivity contribution in [2.24, 2.45) is 0 Å². The van der Waals surface area contributed by atoms with Gasteiger partial charge in [0.05, 0.1) is 28.1 Å². The van der Waals surface area contributed by atoms with Crippen LogP contribution in [0.3, 0.4) is 0 Å². The second-order valence-corrected chi connectivity index (χ2v) is 7.15. The zero-order valence-corrected chi connectivity index (χ0v) is 16.3. The van der Waals surface area contributed by atoms with Crippen molar-refractivity contribution in [3.05, 3.63) is 90.1 Å². The highest BCUT2D eigenvalue weighted by atomic mass is 32.2. The van der Waals surface area contributed by atoms with E-state index in [1.165, 1.54) is 11.8 Å². The summed E-state index contributed by atoms with van der Waals surface area (Å²) >= 11 is 1.35. The highest BCUT2D eigenvalue weighted by Crippen LogP contribution is 2.19. The number of nitrogens with one attached hydrogen (secondary N) is 2. The molecule has 0 aliphatic carbocycles. The van der Waals surface area contributed by atoms with Crippen molar-refractivity contribution in [1.29, 1.82) is 0 Å². The molecular weight excluding hydrogens is 370 g/mol. The lowest BCUT2D eigenvalue weighted by Gasteiger charge is -2.16. The predicted molar refractivity (Wildman–Crippen MR) is 112 cm³/mol. The number of para-hydroxylation sites is 1. The second kappa shape index (κ2) is 9.71. The fraction of sp³-hybridized carbons (Fsp3) is 0.136. The smallest absolute Gasteiger partial charge is 0.253 e. The maximum atomic E-state index is 12.7. The van der Waals surface area contributed by atoms with E-state index in [4.69, 9.17) is 0 Å². The van der Waals surface area contributed by atoms with Crippen molar-refractivity contribution in [3.63, 3.8) is 0 Å². The molecule has 1 aromatic heterocycles. The third-order valence-corrected chi connectivity index (χ3v) is 5.03. The van der Waals surface area contributed by atoms with Gasteiger partial charge in [-0.3, -0.25) is 9.59 Å². The third kappa shape index (κ3) is 5.44. The molecule has 2 aromatic carbocycles. The zero-order valence-electron chi connectivity index (χ0n) is 15.5. The van der Waals surface area contributed by atoms with Crippen LogP contribution in [0.4, 0.5) is 5.69 Å². The van der Waals surface area contributed by atoms with Crippen LogP contribution in [0.5, 0.6) is 0 Å². The Morgan fingerprint density at radius 2 is 1.68 bits per heavy atom. The first-order chi connectivity index (χ1) is 13.6. The number of pyridine rings is 1. The fourth-order valence-corrected chi connectivity index (χ4v) is 3.31. The van der Waals surface area contributed by atoms with Crippen molar-refractivity contribution in [2.45, 2.75) is 18.0 Å². The van der Waals surface area contributed by atoms with Crippen molar-refractivity contribution in [2.75, 3.05) is 11.1 Å². The van der Waals surface area contributed by atoms with Crippen molar-refractivity contribution in [3.8, 4) is 0 Å². The highest BCUT2D eigenvalue weighted by molar-refractivity contribution is 7.99. The molecule has 0 saturated carbocycles.